The van der Waals surface area contributed by atoms with E-state index in [1.54, 1.807) is 0 Å². The predicted molar refractivity (Wildman–Crippen MR) is 35.7 cm³/mol. The van der Waals surface area contributed by atoms with Crippen LogP contribution in [0, 0.1) is 0 Å². The molecule has 0 rings (SSSR count). The highest BCUT2D eigenvalue weighted by Gasteiger charge is 1.73. The fraction of sp³-hybridized carbons (Fsp3) is 0.600. The van der Waals surface area contributed by atoms with Gasteiger partial charge in [-0.2, -0.15) is 0 Å². The quantitative estimate of drug-likeness (QED) is 0.521. The molecule has 0 aliphatic carbocycles. The number of hydrogen-bond acceptors (Lipinski definition) is 1. The van der Waals surface area contributed by atoms with Crippen LogP contribution in [0.3, 0.4) is 0 Å². The third kappa shape index (κ3) is 5.99. The van der Waals surface area contributed by atoms with Gasteiger partial charge in [-0.3, -0.25) is 0 Å². The van der Waals surface area contributed by atoms with Crippen LogP contribution in [-0.4, -0.2) is 6.54 Å². The van der Waals surface area contributed by atoms with Crippen molar-refractivity contribution in [3.63, 3.8) is 0 Å². The van der Waals surface area contributed by atoms with Crippen LogP contribution in [0.4, 0.5) is 0 Å². The third-order valence-electron chi connectivity index (χ3n) is 0.815. The Labute approximate surface area is 51.0 Å². The van der Waals surface area contributed by atoms with Gasteiger partial charge in [0.05, 0.1) is 0 Å². The zero-order chi connectivity index (χ0) is 4.99. The Morgan fingerprint density at radius 1 is 1.71 bits per heavy atom. The van der Waals surface area contributed by atoms with Crippen LogP contribution < -0.4 is 5.73 Å². The number of hydrogen-bond donors (Lipinski definition) is 1. The maximum absolute atomic E-state index is 5.21. The van der Waals surface area contributed by atoms with E-state index in [1.807, 2.05) is 19.9 Å². The van der Waals surface area contributed by atoms with Crippen LogP contribution in [0.2, 0.25) is 0 Å². The van der Waals surface area contributed by atoms with Crippen LogP contribution in [0.5, 0.6) is 0 Å². The molecule has 0 aliphatic rings. The topological polar surface area (TPSA) is 26.0 Å². The van der Waals surface area contributed by atoms with Crippen molar-refractivity contribution in [3.05, 3.63) is 11.6 Å². The Bertz CT molecular complexity index is 59.1. The summed E-state index contributed by atoms with van der Waals surface area (Å²) in [4.78, 5) is 0. The van der Waals surface area contributed by atoms with Crippen LogP contribution in [0.25, 0.3) is 0 Å². The minimum Gasteiger partial charge on any atom is -0.327 e. The van der Waals surface area contributed by atoms with Gasteiger partial charge >= 0.3 is 0 Å². The van der Waals surface area contributed by atoms with Crippen molar-refractivity contribution >= 4 is 12.4 Å². The molecule has 0 saturated heterocycles. The zero-order valence-electron chi connectivity index (χ0n) is 4.77. The highest BCUT2D eigenvalue weighted by Crippen LogP contribution is 1.82. The van der Waals surface area contributed by atoms with E-state index in [0.717, 1.165) is 0 Å². The Kier molecular flexibility index (Phi) is 8.62. The van der Waals surface area contributed by atoms with E-state index in [4.69, 9.17) is 5.73 Å². The fourth-order valence-corrected chi connectivity index (χ4v) is 0.118. The fourth-order valence-electron chi connectivity index (χ4n) is 0.118. The number of rotatable bonds is 1. The minimum absolute atomic E-state index is 0. The lowest BCUT2D eigenvalue weighted by molar-refractivity contribution is 1.13. The molecule has 7 heavy (non-hydrogen) atoms. The van der Waals surface area contributed by atoms with E-state index in [9.17, 15) is 0 Å². The van der Waals surface area contributed by atoms with Crippen molar-refractivity contribution in [2.75, 3.05) is 6.54 Å². The van der Waals surface area contributed by atoms with Crippen LogP contribution in [0.15, 0.2) is 11.6 Å². The van der Waals surface area contributed by atoms with Crippen LogP contribution in [-0.2, 0) is 0 Å². The smallest absolute Gasteiger partial charge is 0.0133 e. The first-order chi connectivity index (χ1) is 2.81. The first-order valence-corrected chi connectivity index (χ1v) is 2.13. The summed E-state index contributed by atoms with van der Waals surface area (Å²) in [5.74, 6) is 0. The first kappa shape index (κ1) is 10.1. The molecule has 2 heteroatoms. The number of nitrogens with two attached hydrogens (primary N) is 1. The van der Waals surface area contributed by atoms with Crippen molar-refractivity contribution in [1.82, 2.24) is 0 Å². The molecule has 0 aromatic carbocycles. The predicted octanol–water partition coefficient (Wildman–Crippen LogP) is 1.33. The van der Waals surface area contributed by atoms with Gasteiger partial charge in [0, 0.05) is 6.54 Å². The molecule has 0 unspecified atom stereocenters. The highest BCUT2D eigenvalue weighted by atomic mass is 35.5. The Balaban J connectivity index is 0. The van der Waals surface area contributed by atoms with Crippen molar-refractivity contribution < 1.29 is 0 Å². The second-order valence-corrected chi connectivity index (χ2v) is 1.34. The molecular formula is C5H12ClN. The molecule has 1 nitrogen and oxygen atoms in total. The first-order valence-electron chi connectivity index (χ1n) is 2.13. The molecule has 0 bridgehead atoms. The van der Waals surface area contributed by atoms with E-state index in [0.29, 0.717) is 6.54 Å². The summed E-state index contributed by atoms with van der Waals surface area (Å²) in [6.07, 6.45) is 2.01. The SMILES string of the molecule is CC=C(C)CN.Cl. The summed E-state index contributed by atoms with van der Waals surface area (Å²) >= 11 is 0. The summed E-state index contributed by atoms with van der Waals surface area (Å²) in [5, 5.41) is 0. The largest absolute Gasteiger partial charge is 0.327 e. The zero-order valence-corrected chi connectivity index (χ0v) is 5.59. The maximum Gasteiger partial charge on any atom is 0.0133 e. The average Bonchev–Trinajstić information content (AvgIpc) is 1.65. The summed E-state index contributed by atoms with van der Waals surface area (Å²) in [6, 6.07) is 0. The van der Waals surface area contributed by atoms with Gasteiger partial charge in [0.15, 0.2) is 0 Å². The van der Waals surface area contributed by atoms with Gasteiger partial charge in [0.2, 0.25) is 0 Å². The van der Waals surface area contributed by atoms with Gasteiger partial charge in [-0.05, 0) is 13.8 Å². The molecule has 0 spiro atoms. The summed E-state index contributed by atoms with van der Waals surface area (Å²) in [5.41, 5.74) is 6.46. The molecule has 0 atom stereocenters. The summed E-state index contributed by atoms with van der Waals surface area (Å²) < 4.78 is 0. The molecular weight excluding hydrogens is 110 g/mol. The van der Waals surface area contributed by atoms with Gasteiger partial charge in [0.1, 0.15) is 0 Å². The van der Waals surface area contributed by atoms with E-state index in [1.165, 1.54) is 5.57 Å². The summed E-state index contributed by atoms with van der Waals surface area (Å²) in [7, 11) is 0. The van der Waals surface area contributed by atoms with Gasteiger partial charge in [-0.25, -0.2) is 0 Å². The molecule has 2 N–H and O–H groups in total. The normalized spacial score (nSPS) is 10.4. The third-order valence-corrected chi connectivity index (χ3v) is 0.815. The highest BCUT2D eigenvalue weighted by molar-refractivity contribution is 5.85. The van der Waals surface area contributed by atoms with Gasteiger partial charge in [-0.1, -0.05) is 11.6 Å². The lowest BCUT2D eigenvalue weighted by atomic mass is 10.3. The Hall–Kier alpha value is -0.0100. The van der Waals surface area contributed by atoms with Gasteiger partial charge < -0.3 is 5.73 Å². The second-order valence-electron chi connectivity index (χ2n) is 1.34. The van der Waals surface area contributed by atoms with E-state index >= 15 is 0 Å². The lowest BCUT2D eigenvalue weighted by Crippen LogP contribution is -1.98. The Morgan fingerprint density at radius 2 is 2.14 bits per heavy atom. The van der Waals surface area contributed by atoms with E-state index in [-0.39, 0.29) is 12.4 Å². The average molecular weight is 122 g/mol. The van der Waals surface area contributed by atoms with Crippen molar-refractivity contribution in [2.45, 2.75) is 13.8 Å². The van der Waals surface area contributed by atoms with Crippen LogP contribution in [0.1, 0.15) is 13.8 Å². The molecule has 0 saturated carbocycles. The van der Waals surface area contributed by atoms with Crippen molar-refractivity contribution in [2.24, 2.45) is 5.73 Å². The van der Waals surface area contributed by atoms with Gasteiger partial charge in [0.25, 0.3) is 0 Å². The Morgan fingerprint density at radius 3 is 2.14 bits per heavy atom. The maximum atomic E-state index is 5.21. The van der Waals surface area contributed by atoms with Crippen molar-refractivity contribution in [3.8, 4) is 0 Å². The van der Waals surface area contributed by atoms with Crippen LogP contribution >= 0.6 is 12.4 Å². The molecule has 44 valence electrons. The molecule has 0 aliphatic heterocycles. The minimum atomic E-state index is 0. The van der Waals surface area contributed by atoms with E-state index in [2.05, 4.69) is 0 Å². The molecule has 0 amide bonds. The number of allylic oxidation sites excluding steroid dienone is 1. The molecule has 0 fully saturated rings. The van der Waals surface area contributed by atoms with Crippen molar-refractivity contribution in [1.29, 1.82) is 0 Å². The van der Waals surface area contributed by atoms with E-state index < -0.39 is 0 Å². The number of halogens is 1. The standard InChI is InChI=1S/C5H11N.ClH/c1-3-5(2)4-6;/h3H,4,6H2,1-2H3;1H. The molecule has 0 heterocycles. The molecule has 0 aromatic rings. The molecule has 0 radical (unpaired) electrons. The molecule has 0 aromatic heterocycles. The monoisotopic (exact) mass is 121 g/mol. The second kappa shape index (κ2) is 5.99. The lowest BCUT2D eigenvalue weighted by Gasteiger charge is -1.85. The van der Waals surface area contributed by atoms with Gasteiger partial charge in [-0.15, -0.1) is 12.4 Å². The summed E-state index contributed by atoms with van der Waals surface area (Å²) in [6.45, 7) is 4.69.